The van der Waals surface area contributed by atoms with Crippen LogP contribution < -0.4 is 0 Å². The predicted molar refractivity (Wildman–Crippen MR) is 106 cm³/mol. The summed E-state index contributed by atoms with van der Waals surface area (Å²) < 4.78 is 4.64. The average molecular weight is 386 g/mol. The van der Waals surface area contributed by atoms with Crippen LogP contribution in [0.15, 0.2) is 58.7 Å². The number of ether oxygens (including phenoxy) is 1. The van der Waals surface area contributed by atoms with E-state index in [4.69, 9.17) is 11.6 Å². The van der Waals surface area contributed by atoms with Crippen molar-refractivity contribution in [3.8, 4) is 0 Å². The highest BCUT2D eigenvalue weighted by Gasteiger charge is 2.20. The van der Waals surface area contributed by atoms with Crippen LogP contribution in [0.25, 0.3) is 0 Å². The number of hydrogen-bond donors (Lipinski definition) is 0. The lowest BCUT2D eigenvalue weighted by atomic mass is 10.1. The molecule has 27 heavy (non-hydrogen) atoms. The molecular formula is C20H20ClN3O3. The van der Waals surface area contributed by atoms with Gasteiger partial charge in [-0.25, -0.2) is 9.69 Å². The minimum Gasteiger partial charge on any atom is -0.452 e. The lowest BCUT2D eigenvalue weighted by Gasteiger charge is -2.18. The Morgan fingerprint density at radius 2 is 1.85 bits per heavy atom. The van der Waals surface area contributed by atoms with Crippen molar-refractivity contribution in [2.45, 2.75) is 20.4 Å². The molecule has 0 unspecified atom stereocenters. The van der Waals surface area contributed by atoms with Crippen LogP contribution in [0.3, 0.4) is 0 Å². The standard InChI is InChI=1S/C20H20ClN3O3/c1-14(23-22-12-16-7-5-4-6-8-16)17-9-10-19(21)18(11-17)13-24(15(2)25)20(26)27-3/h4-12H,13H2,1-3H3. The molecule has 0 aliphatic rings. The molecule has 0 fully saturated rings. The Labute approximate surface area is 163 Å². The number of hydrogen-bond acceptors (Lipinski definition) is 5. The van der Waals surface area contributed by atoms with Crippen LogP contribution in [0.5, 0.6) is 0 Å². The normalized spacial score (nSPS) is 11.5. The molecule has 7 heteroatoms. The molecule has 0 saturated carbocycles. The monoisotopic (exact) mass is 385 g/mol. The van der Waals surface area contributed by atoms with Crippen LogP contribution in [0.4, 0.5) is 4.79 Å². The summed E-state index contributed by atoms with van der Waals surface area (Å²) in [6.07, 6.45) is 0.927. The molecule has 2 rings (SSSR count). The summed E-state index contributed by atoms with van der Waals surface area (Å²) in [4.78, 5) is 24.4. The van der Waals surface area contributed by atoms with Crippen molar-refractivity contribution in [1.29, 1.82) is 0 Å². The molecule has 0 saturated heterocycles. The largest absolute Gasteiger partial charge is 0.452 e. The first-order valence-electron chi connectivity index (χ1n) is 8.20. The summed E-state index contributed by atoms with van der Waals surface area (Å²) in [7, 11) is 1.22. The summed E-state index contributed by atoms with van der Waals surface area (Å²) in [5, 5.41) is 8.73. The van der Waals surface area contributed by atoms with Gasteiger partial charge in [0.05, 0.1) is 25.6 Å². The number of amides is 2. The van der Waals surface area contributed by atoms with Gasteiger partial charge in [-0.3, -0.25) is 4.79 Å². The summed E-state index contributed by atoms with van der Waals surface area (Å²) in [6, 6.07) is 14.9. The third-order valence-electron chi connectivity index (χ3n) is 3.78. The van der Waals surface area contributed by atoms with E-state index >= 15 is 0 Å². The van der Waals surface area contributed by atoms with Crippen molar-refractivity contribution in [2.24, 2.45) is 10.2 Å². The molecular weight excluding hydrogens is 366 g/mol. The summed E-state index contributed by atoms with van der Waals surface area (Å²) in [5.74, 6) is -0.429. The summed E-state index contributed by atoms with van der Waals surface area (Å²) in [5.41, 5.74) is 3.01. The molecule has 0 spiro atoms. The lowest BCUT2D eigenvalue weighted by molar-refractivity contribution is -0.127. The molecule has 0 aliphatic heterocycles. The number of methoxy groups -OCH3 is 1. The third-order valence-corrected chi connectivity index (χ3v) is 4.15. The zero-order chi connectivity index (χ0) is 19.8. The topological polar surface area (TPSA) is 71.3 Å². The van der Waals surface area contributed by atoms with Crippen molar-refractivity contribution in [3.63, 3.8) is 0 Å². The lowest BCUT2D eigenvalue weighted by Crippen LogP contribution is -2.34. The van der Waals surface area contributed by atoms with E-state index in [0.717, 1.165) is 16.0 Å². The Hall–Kier alpha value is -2.99. The zero-order valence-corrected chi connectivity index (χ0v) is 16.1. The van der Waals surface area contributed by atoms with Gasteiger partial charge in [-0.2, -0.15) is 10.2 Å². The second-order valence-corrected chi connectivity index (χ2v) is 6.13. The summed E-state index contributed by atoms with van der Waals surface area (Å²) >= 11 is 6.22. The number of nitrogens with zero attached hydrogens (tertiary/aromatic N) is 3. The molecule has 0 radical (unpaired) electrons. The fourth-order valence-corrected chi connectivity index (χ4v) is 2.46. The van der Waals surface area contributed by atoms with E-state index in [1.165, 1.54) is 14.0 Å². The van der Waals surface area contributed by atoms with Crippen molar-refractivity contribution >= 4 is 35.5 Å². The van der Waals surface area contributed by atoms with Gasteiger partial charge in [0.25, 0.3) is 0 Å². The van der Waals surface area contributed by atoms with Gasteiger partial charge in [-0.15, -0.1) is 0 Å². The Morgan fingerprint density at radius 1 is 1.15 bits per heavy atom. The van der Waals surface area contributed by atoms with E-state index in [0.29, 0.717) is 16.3 Å². The third kappa shape index (κ3) is 5.76. The second-order valence-electron chi connectivity index (χ2n) is 5.72. The molecule has 0 atom stereocenters. The van der Waals surface area contributed by atoms with Crippen LogP contribution >= 0.6 is 11.6 Å². The first-order valence-corrected chi connectivity index (χ1v) is 8.57. The fourth-order valence-electron chi connectivity index (χ4n) is 2.28. The molecule has 2 aromatic rings. The number of benzene rings is 2. The van der Waals surface area contributed by atoms with E-state index in [1.54, 1.807) is 24.4 Å². The van der Waals surface area contributed by atoms with Crippen molar-refractivity contribution < 1.29 is 14.3 Å². The first kappa shape index (κ1) is 20.3. The van der Waals surface area contributed by atoms with Crippen LogP contribution in [0.1, 0.15) is 30.5 Å². The Balaban J connectivity index is 2.22. The SMILES string of the molecule is COC(=O)N(Cc1cc(C(C)=NN=Cc2ccccc2)ccc1Cl)C(C)=O. The number of halogens is 1. The van der Waals surface area contributed by atoms with Gasteiger partial charge >= 0.3 is 6.09 Å². The van der Waals surface area contributed by atoms with Crippen LogP contribution in [-0.4, -0.2) is 35.9 Å². The molecule has 140 valence electrons. The maximum absolute atomic E-state index is 11.8. The van der Waals surface area contributed by atoms with Crippen molar-refractivity contribution in [3.05, 3.63) is 70.2 Å². The molecule has 0 bridgehead atoms. The Morgan fingerprint density at radius 3 is 2.48 bits per heavy atom. The molecule has 2 aromatic carbocycles. The minimum absolute atomic E-state index is 0.00917. The van der Waals surface area contributed by atoms with Gasteiger partial charge in [0.15, 0.2) is 0 Å². The smallest absolute Gasteiger partial charge is 0.416 e. The molecule has 0 aliphatic carbocycles. The minimum atomic E-state index is -0.734. The van der Waals surface area contributed by atoms with Crippen LogP contribution in [0.2, 0.25) is 5.02 Å². The maximum atomic E-state index is 11.8. The maximum Gasteiger partial charge on any atom is 0.416 e. The molecule has 0 heterocycles. The number of rotatable bonds is 5. The van der Waals surface area contributed by atoms with Gasteiger partial charge in [-0.05, 0) is 35.7 Å². The second kappa shape index (κ2) is 9.64. The quantitative estimate of drug-likeness (QED) is 0.569. The summed E-state index contributed by atoms with van der Waals surface area (Å²) in [6.45, 7) is 3.12. The van der Waals surface area contributed by atoms with Gasteiger partial charge < -0.3 is 4.74 Å². The first-order chi connectivity index (χ1) is 12.9. The fraction of sp³-hybridized carbons (Fsp3) is 0.200. The van der Waals surface area contributed by atoms with Gasteiger partial charge in [0.1, 0.15) is 0 Å². The van der Waals surface area contributed by atoms with E-state index in [2.05, 4.69) is 14.9 Å². The van der Waals surface area contributed by atoms with Crippen LogP contribution in [-0.2, 0) is 16.1 Å². The van der Waals surface area contributed by atoms with E-state index in [-0.39, 0.29) is 6.54 Å². The number of carbonyl (C=O) groups is 2. The number of carbonyl (C=O) groups excluding carboxylic acids is 2. The van der Waals surface area contributed by atoms with Gasteiger partial charge in [0, 0.05) is 11.9 Å². The zero-order valence-electron chi connectivity index (χ0n) is 15.3. The van der Waals surface area contributed by atoms with E-state index in [1.807, 2.05) is 37.3 Å². The molecule has 2 amide bonds. The highest BCUT2D eigenvalue weighted by Crippen LogP contribution is 2.21. The predicted octanol–water partition coefficient (Wildman–Crippen LogP) is 4.30. The Kier molecular flexibility index (Phi) is 7.25. The highest BCUT2D eigenvalue weighted by molar-refractivity contribution is 6.31. The molecule has 0 aromatic heterocycles. The Bertz CT molecular complexity index is 879. The van der Waals surface area contributed by atoms with E-state index < -0.39 is 12.0 Å². The number of imide groups is 1. The van der Waals surface area contributed by atoms with Crippen LogP contribution in [0, 0.1) is 0 Å². The average Bonchev–Trinajstić information content (AvgIpc) is 2.67. The van der Waals surface area contributed by atoms with Crippen molar-refractivity contribution in [2.75, 3.05) is 7.11 Å². The molecule has 0 N–H and O–H groups in total. The van der Waals surface area contributed by atoms with Gasteiger partial charge in [0.2, 0.25) is 5.91 Å². The highest BCUT2D eigenvalue weighted by atomic mass is 35.5. The van der Waals surface area contributed by atoms with Crippen molar-refractivity contribution in [1.82, 2.24) is 4.90 Å². The molecule has 6 nitrogen and oxygen atoms in total. The van der Waals surface area contributed by atoms with E-state index in [9.17, 15) is 9.59 Å². The van der Waals surface area contributed by atoms with Gasteiger partial charge in [-0.1, -0.05) is 48.0 Å².